The number of aliphatic hydroxyl groups is 1. The Hall–Kier alpha value is -1.68. The van der Waals surface area contributed by atoms with Crippen molar-refractivity contribution in [1.29, 1.82) is 0 Å². The number of benzene rings is 1. The molecule has 3 nitrogen and oxygen atoms in total. The molecule has 4 heteroatoms. The van der Waals surface area contributed by atoms with E-state index in [-0.39, 0.29) is 5.82 Å². The molecule has 0 aliphatic rings. The number of hydrogen-bond acceptors (Lipinski definition) is 2. The van der Waals surface area contributed by atoms with Gasteiger partial charge in [-0.3, -0.25) is 0 Å². The van der Waals surface area contributed by atoms with E-state index in [4.69, 9.17) is 0 Å². The van der Waals surface area contributed by atoms with E-state index in [0.717, 1.165) is 17.0 Å². The molecule has 0 radical (unpaired) electrons. The summed E-state index contributed by atoms with van der Waals surface area (Å²) >= 11 is 0. The predicted octanol–water partition coefficient (Wildman–Crippen LogP) is 2.75. The summed E-state index contributed by atoms with van der Waals surface area (Å²) in [6, 6.07) is 6.14. The van der Waals surface area contributed by atoms with Crippen molar-refractivity contribution in [3.05, 3.63) is 41.6 Å². The fraction of sp³-hybridized carbons (Fsp3) is 0.308. The first-order valence-corrected chi connectivity index (χ1v) is 5.43. The average molecular weight is 234 g/mol. The number of aromatic nitrogens is 2. The van der Waals surface area contributed by atoms with E-state index < -0.39 is 5.60 Å². The number of H-pyrrole nitrogens is 1. The van der Waals surface area contributed by atoms with Gasteiger partial charge in [0.2, 0.25) is 0 Å². The first kappa shape index (κ1) is 11.8. The van der Waals surface area contributed by atoms with Gasteiger partial charge in [0.1, 0.15) is 17.2 Å². The van der Waals surface area contributed by atoms with Crippen LogP contribution in [0.2, 0.25) is 0 Å². The van der Waals surface area contributed by atoms with Gasteiger partial charge >= 0.3 is 0 Å². The highest BCUT2D eigenvalue weighted by Gasteiger charge is 2.21. The number of aryl methyl sites for hydroxylation is 1. The van der Waals surface area contributed by atoms with E-state index in [9.17, 15) is 9.50 Å². The van der Waals surface area contributed by atoms with E-state index in [1.165, 1.54) is 12.1 Å². The Kier molecular flexibility index (Phi) is 2.75. The quantitative estimate of drug-likeness (QED) is 0.839. The summed E-state index contributed by atoms with van der Waals surface area (Å²) < 4.78 is 12.8. The van der Waals surface area contributed by atoms with Crippen LogP contribution >= 0.6 is 0 Å². The molecule has 17 heavy (non-hydrogen) atoms. The van der Waals surface area contributed by atoms with Crippen LogP contribution in [0.4, 0.5) is 4.39 Å². The molecule has 1 heterocycles. The van der Waals surface area contributed by atoms with Gasteiger partial charge in [-0.15, -0.1) is 0 Å². The van der Waals surface area contributed by atoms with Crippen molar-refractivity contribution in [2.24, 2.45) is 0 Å². The highest BCUT2D eigenvalue weighted by molar-refractivity contribution is 5.61. The zero-order valence-electron chi connectivity index (χ0n) is 10.1. The van der Waals surface area contributed by atoms with Gasteiger partial charge in [0, 0.05) is 11.3 Å². The molecule has 0 atom stereocenters. The molecule has 0 unspecified atom stereocenters. The number of nitrogens with one attached hydrogen (secondary N) is 1. The number of halogens is 1. The third-order valence-electron chi connectivity index (χ3n) is 2.58. The monoisotopic (exact) mass is 234 g/mol. The number of rotatable bonds is 2. The Balaban J connectivity index is 2.46. The van der Waals surface area contributed by atoms with Gasteiger partial charge in [0.25, 0.3) is 0 Å². The van der Waals surface area contributed by atoms with Crippen LogP contribution in [-0.2, 0) is 5.60 Å². The van der Waals surface area contributed by atoms with Crippen molar-refractivity contribution in [2.45, 2.75) is 26.4 Å². The minimum absolute atomic E-state index is 0.273. The number of imidazole rings is 1. The fourth-order valence-electron chi connectivity index (χ4n) is 1.64. The zero-order valence-corrected chi connectivity index (χ0v) is 10.1. The summed E-state index contributed by atoms with van der Waals surface area (Å²) in [4.78, 5) is 7.40. The molecule has 0 bridgehead atoms. The Bertz CT molecular complexity index is 523. The van der Waals surface area contributed by atoms with E-state index >= 15 is 0 Å². The molecule has 2 aromatic rings. The van der Waals surface area contributed by atoms with Crippen LogP contribution in [-0.4, -0.2) is 15.1 Å². The lowest BCUT2D eigenvalue weighted by Gasteiger charge is -2.12. The summed E-state index contributed by atoms with van der Waals surface area (Å²) in [7, 11) is 0. The van der Waals surface area contributed by atoms with Gasteiger partial charge in [-0.05, 0) is 45.0 Å². The zero-order chi connectivity index (χ0) is 12.6. The van der Waals surface area contributed by atoms with Crippen LogP contribution in [0.1, 0.15) is 25.4 Å². The normalized spacial score (nSPS) is 11.8. The lowest BCUT2D eigenvalue weighted by Crippen LogP contribution is -2.17. The van der Waals surface area contributed by atoms with Crippen molar-refractivity contribution in [3.8, 4) is 11.3 Å². The van der Waals surface area contributed by atoms with Crippen molar-refractivity contribution in [3.63, 3.8) is 0 Å². The van der Waals surface area contributed by atoms with E-state index in [2.05, 4.69) is 9.97 Å². The number of aromatic amines is 1. The standard InChI is InChI=1S/C13H15FN2O/c1-8-11(9-4-6-10(14)7-5-9)16-12(15-8)13(2,3)17/h4-7,17H,1-3H3,(H,15,16). The van der Waals surface area contributed by atoms with Crippen molar-refractivity contribution in [1.82, 2.24) is 9.97 Å². The average Bonchev–Trinajstić information content (AvgIpc) is 2.61. The second-order valence-electron chi connectivity index (χ2n) is 4.62. The van der Waals surface area contributed by atoms with Crippen molar-refractivity contribution >= 4 is 0 Å². The smallest absolute Gasteiger partial charge is 0.138 e. The van der Waals surface area contributed by atoms with Gasteiger partial charge in [-0.2, -0.15) is 0 Å². The van der Waals surface area contributed by atoms with Crippen LogP contribution in [0.15, 0.2) is 24.3 Å². The Morgan fingerprint density at radius 2 is 1.82 bits per heavy atom. The third kappa shape index (κ3) is 2.36. The largest absolute Gasteiger partial charge is 0.383 e. The second kappa shape index (κ2) is 3.96. The fourth-order valence-corrected chi connectivity index (χ4v) is 1.64. The number of hydrogen-bond donors (Lipinski definition) is 2. The summed E-state index contributed by atoms with van der Waals surface area (Å²) in [5.74, 6) is 0.235. The molecule has 2 rings (SSSR count). The Labute approximate surface area is 99.3 Å². The summed E-state index contributed by atoms with van der Waals surface area (Å²) in [6.45, 7) is 5.21. The minimum atomic E-state index is -1.01. The molecule has 0 saturated heterocycles. The lowest BCUT2D eigenvalue weighted by atomic mass is 10.1. The molecule has 0 saturated carbocycles. The third-order valence-corrected chi connectivity index (χ3v) is 2.58. The van der Waals surface area contributed by atoms with Gasteiger partial charge in [0.05, 0.1) is 5.69 Å². The van der Waals surface area contributed by atoms with Crippen LogP contribution in [0, 0.1) is 12.7 Å². The first-order chi connectivity index (χ1) is 7.88. The Morgan fingerprint density at radius 1 is 1.24 bits per heavy atom. The predicted molar refractivity (Wildman–Crippen MR) is 64.0 cm³/mol. The van der Waals surface area contributed by atoms with Gasteiger partial charge in [0.15, 0.2) is 0 Å². The van der Waals surface area contributed by atoms with Gasteiger partial charge in [-0.1, -0.05) is 0 Å². The molecule has 0 aliphatic carbocycles. The SMILES string of the molecule is Cc1[nH]c(C(C)(C)O)nc1-c1ccc(F)cc1. The highest BCUT2D eigenvalue weighted by atomic mass is 19.1. The molecule has 0 spiro atoms. The Morgan fingerprint density at radius 3 is 2.29 bits per heavy atom. The summed E-state index contributed by atoms with van der Waals surface area (Å²) in [5, 5.41) is 9.86. The van der Waals surface area contributed by atoms with Gasteiger partial charge < -0.3 is 10.1 Å². The molecular weight excluding hydrogens is 219 g/mol. The molecule has 0 fully saturated rings. The summed E-state index contributed by atoms with van der Waals surface area (Å²) in [6.07, 6.45) is 0. The maximum absolute atomic E-state index is 12.8. The molecular formula is C13H15FN2O. The van der Waals surface area contributed by atoms with Crippen LogP contribution in [0.5, 0.6) is 0 Å². The maximum Gasteiger partial charge on any atom is 0.138 e. The first-order valence-electron chi connectivity index (χ1n) is 5.43. The highest BCUT2D eigenvalue weighted by Crippen LogP contribution is 2.25. The molecule has 1 aromatic carbocycles. The topological polar surface area (TPSA) is 48.9 Å². The summed E-state index contributed by atoms with van der Waals surface area (Å²) in [5.41, 5.74) is 1.41. The second-order valence-corrected chi connectivity index (χ2v) is 4.62. The van der Waals surface area contributed by atoms with Crippen LogP contribution in [0.3, 0.4) is 0 Å². The molecule has 0 amide bonds. The van der Waals surface area contributed by atoms with E-state index in [1.54, 1.807) is 26.0 Å². The van der Waals surface area contributed by atoms with E-state index in [1.807, 2.05) is 6.92 Å². The van der Waals surface area contributed by atoms with Crippen LogP contribution in [0.25, 0.3) is 11.3 Å². The van der Waals surface area contributed by atoms with Crippen molar-refractivity contribution in [2.75, 3.05) is 0 Å². The van der Waals surface area contributed by atoms with E-state index in [0.29, 0.717) is 5.82 Å². The molecule has 1 aromatic heterocycles. The lowest BCUT2D eigenvalue weighted by molar-refractivity contribution is 0.0696. The maximum atomic E-state index is 12.8. The minimum Gasteiger partial charge on any atom is -0.383 e. The molecule has 0 aliphatic heterocycles. The van der Waals surface area contributed by atoms with Crippen molar-refractivity contribution < 1.29 is 9.50 Å². The molecule has 2 N–H and O–H groups in total. The molecule has 90 valence electrons. The van der Waals surface area contributed by atoms with Gasteiger partial charge in [-0.25, -0.2) is 9.37 Å². The number of nitrogens with zero attached hydrogens (tertiary/aromatic N) is 1. The van der Waals surface area contributed by atoms with Crippen LogP contribution < -0.4 is 0 Å².